The molecule has 0 spiro atoms. The highest BCUT2D eigenvalue weighted by atomic mass is 35.5. The van der Waals surface area contributed by atoms with E-state index >= 15 is 0 Å². The molecule has 1 aliphatic heterocycles. The second-order valence-corrected chi connectivity index (χ2v) is 10.2. The maximum Gasteiger partial charge on any atom is 0.315 e. The van der Waals surface area contributed by atoms with Gasteiger partial charge in [-0.2, -0.15) is 0 Å². The molecule has 1 aliphatic carbocycles. The molecule has 0 saturated carbocycles. The van der Waals surface area contributed by atoms with Crippen LogP contribution in [0.4, 0.5) is 0 Å². The Balaban J connectivity index is 1.79. The van der Waals surface area contributed by atoms with Crippen molar-refractivity contribution in [3.63, 3.8) is 0 Å². The molecule has 34 heavy (non-hydrogen) atoms. The number of ketones is 1. The van der Waals surface area contributed by atoms with Crippen LogP contribution in [0.25, 0.3) is 0 Å². The van der Waals surface area contributed by atoms with Crippen molar-refractivity contribution in [3.8, 4) is 0 Å². The number of carbonyl (C=O) groups is 2. The van der Waals surface area contributed by atoms with Crippen molar-refractivity contribution in [3.05, 3.63) is 79.9 Å². The van der Waals surface area contributed by atoms with Crippen molar-refractivity contribution in [2.24, 2.45) is 10.9 Å². The lowest BCUT2D eigenvalue weighted by molar-refractivity contribution is -0.151. The maximum absolute atomic E-state index is 13.6. The Morgan fingerprint density at radius 1 is 1.06 bits per heavy atom. The van der Waals surface area contributed by atoms with Gasteiger partial charge in [0.25, 0.3) is 0 Å². The van der Waals surface area contributed by atoms with E-state index in [2.05, 4.69) is 0 Å². The molecule has 0 bridgehead atoms. The van der Waals surface area contributed by atoms with E-state index in [4.69, 9.17) is 44.5 Å². The molecule has 178 valence electrons. The van der Waals surface area contributed by atoms with Gasteiger partial charge in [0.2, 0.25) is 0 Å². The fourth-order valence-electron chi connectivity index (χ4n) is 4.76. The Morgan fingerprint density at radius 2 is 1.74 bits per heavy atom. The second kappa shape index (κ2) is 10.2. The van der Waals surface area contributed by atoms with Gasteiger partial charge in [0.05, 0.1) is 16.1 Å². The van der Waals surface area contributed by atoms with Gasteiger partial charge >= 0.3 is 5.97 Å². The molecule has 2 aromatic rings. The first-order valence-corrected chi connectivity index (χ1v) is 12.5. The van der Waals surface area contributed by atoms with Gasteiger partial charge in [0, 0.05) is 34.3 Å². The predicted molar refractivity (Wildman–Crippen MR) is 137 cm³/mol. The van der Waals surface area contributed by atoms with Crippen LogP contribution < -0.4 is 0 Å². The normalized spacial score (nSPS) is 23.3. The minimum absolute atomic E-state index is 0.00172. The molecule has 0 aromatic heterocycles. The fourth-order valence-corrected chi connectivity index (χ4v) is 5.19. The topological polar surface area (TPSA) is 55.7 Å². The van der Waals surface area contributed by atoms with Gasteiger partial charge in [-0.25, -0.2) is 0 Å². The van der Waals surface area contributed by atoms with E-state index in [0.717, 1.165) is 16.8 Å². The minimum atomic E-state index is -0.707. The second-order valence-electron chi connectivity index (χ2n) is 8.98. The Labute approximate surface area is 215 Å². The highest BCUT2D eigenvalue weighted by Gasteiger charge is 2.45. The zero-order valence-electron chi connectivity index (χ0n) is 19.3. The van der Waals surface area contributed by atoms with Gasteiger partial charge in [-0.3, -0.25) is 14.6 Å². The number of halogens is 3. The third-order valence-electron chi connectivity index (χ3n) is 6.68. The van der Waals surface area contributed by atoms with Crippen LogP contribution in [0.1, 0.15) is 63.0 Å². The monoisotopic (exact) mass is 517 g/mol. The molecule has 1 heterocycles. The third kappa shape index (κ3) is 4.95. The van der Waals surface area contributed by atoms with Crippen LogP contribution >= 0.6 is 34.8 Å². The van der Waals surface area contributed by atoms with Crippen molar-refractivity contribution in [1.29, 1.82) is 0 Å². The molecule has 4 atom stereocenters. The summed E-state index contributed by atoms with van der Waals surface area (Å²) >= 11 is 18.6. The average Bonchev–Trinajstić information content (AvgIpc) is 2.80. The molecule has 7 heteroatoms. The number of nitrogens with zero attached hydrogens (tertiary/aromatic N) is 1. The number of rotatable bonds is 5. The lowest BCUT2D eigenvalue weighted by Gasteiger charge is -2.37. The standard InChI is InChI=1S/C27H26Cl3NO3/c1-4-14(2)34-27(33)24-15(3)31-22-12-18(16-5-8-19(28)9-6-16)13-23(32)26(22)25(24)17-7-10-20(29)21(30)11-17/h5-11,14,18,24-25H,4,12-13H2,1-3H3/t14-,18+,24?,25-/m0/s1. The zero-order chi connectivity index (χ0) is 24.6. The minimum Gasteiger partial charge on any atom is -0.462 e. The number of benzene rings is 2. The molecule has 1 unspecified atom stereocenters. The van der Waals surface area contributed by atoms with Gasteiger partial charge in [-0.15, -0.1) is 0 Å². The first-order valence-electron chi connectivity index (χ1n) is 11.4. The van der Waals surface area contributed by atoms with E-state index in [1.807, 2.05) is 51.1 Å². The van der Waals surface area contributed by atoms with Crippen molar-refractivity contribution in [2.75, 3.05) is 0 Å². The van der Waals surface area contributed by atoms with Crippen molar-refractivity contribution in [1.82, 2.24) is 0 Å². The number of hydrogen-bond donors (Lipinski definition) is 0. The number of esters is 1. The number of aliphatic imine (C=N–C) groups is 1. The van der Waals surface area contributed by atoms with Gasteiger partial charge < -0.3 is 4.74 Å². The van der Waals surface area contributed by atoms with Crippen molar-refractivity contribution < 1.29 is 14.3 Å². The summed E-state index contributed by atoms with van der Waals surface area (Å²) in [6.07, 6.45) is 1.40. The van der Waals surface area contributed by atoms with E-state index < -0.39 is 11.8 Å². The number of hydrogen-bond acceptors (Lipinski definition) is 4. The van der Waals surface area contributed by atoms with Crippen molar-refractivity contribution >= 4 is 52.3 Å². The number of Topliss-reactive ketones (excluding diaryl/α,β-unsaturated/α-hetero) is 1. The molecule has 2 aliphatic rings. The average molecular weight is 519 g/mol. The summed E-state index contributed by atoms with van der Waals surface area (Å²) in [5.74, 6) is -1.64. The quantitative estimate of drug-likeness (QED) is 0.384. The Bertz CT molecular complexity index is 1190. The first kappa shape index (κ1) is 25.0. The first-order chi connectivity index (χ1) is 16.2. The summed E-state index contributed by atoms with van der Waals surface area (Å²) in [7, 11) is 0. The van der Waals surface area contributed by atoms with Gasteiger partial charge in [-0.05, 0) is 68.0 Å². The van der Waals surface area contributed by atoms with Crippen LogP contribution in [-0.4, -0.2) is 23.6 Å². The van der Waals surface area contributed by atoms with Gasteiger partial charge in [-0.1, -0.05) is 59.9 Å². The molecule has 0 saturated heterocycles. The number of allylic oxidation sites excluding steroid dienone is 2. The van der Waals surface area contributed by atoms with E-state index in [1.54, 1.807) is 12.1 Å². The van der Waals surface area contributed by atoms with E-state index in [0.29, 0.717) is 45.6 Å². The summed E-state index contributed by atoms with van der Waals surface area (Å²) in [5, 5.41) is 1.44. The third-order valence-corrected chi connectivity index (χ3v) is 7.67. The smallest absolute Gasteiger partial charge is 0.315 e. The van der Waals surface area contributed by atoms with Crippen LogP contribution in [0.15, 0.2) is 58.7 Å². The van der Waals surface area contributed by atoms with Crippen LogP contribution in [-0.2, 0) is 14.3 Å². The molecular weight excluding hydrogens is 493 g/mol. The van der Waals surface area contributed by atoms with Gasteiger partial charge in [0.1, 0.15) is 5.92 Å². The molecule has 0 N–H and O–H groups in total. The van der Waals surface area contributed by atoms with E-state index in [9.17, 15) is 9.59 Å². The fraction of sp³-hybridized carbons (Fsp3) is 0.370. The summed E-state index contributed by atoms with van der Waals surface area (Å²) in [4.78, 5) is 31.7. The summed E-state index contributed by atoms with van der Waals surface area (Å²) in [5.41, 5.74) is 3.72. The van der Waals surface area contributed by atoms with Crippen molar-refractivity contribution in [2.45, 2.75) is 58.0 Å². The summed E-state index contributed by atoms with van der Waals surface area (Å²) < 4.78 is 5.71. The predicted octanol–water partition coefficient (Wildman–Crippen LogP) is 7.56. The number of carbonyl (C=O) groups excluding carboxylic acids is 2. The SMILES string of the molecule is CC[C@H](C)OC(=O)C1C(C)=NC2=C(C(=O)C[C@H](c3ccc(Cl)cc3)C2)[C@H]1c1ccc(Cl)c(Cl)c1. The lowest BCUT2D eigenvalue weighted by atomic mass is 9.69. The largest absolute Gasteiger partial charge is 0.462 e. The van der Waals surface area contributed by atoms with E-state index in [-0.39, 0.29) is 23.8 Å². The summed E-state index contributed by atoms with van der Waals surface area (Å²) in [6.45, 7) is 5.64. The van der Waals surface area contributed by atoms with Crippen LogP contribution in [0, 0.1) is 5.92 Å². The number of ether oxygens (including phenoxy) is 1. The molecule has 0 radical (unpaired) electrons. The molecule has 4 nitrogen and oxygen atoms in total. The highest BCUT2D eigenvalue weighted by molar-refractivity contribution is 6.42. The molecule has 0 fully saturated rings. The van der Waals surface area contributed by atoms with Crippen LogP contribution in [0.3, 0.4) is 0 Å². The maximum atomic E-state index is 13.6. The molecule has 2 aromatic carbocycles. The Morgan fingerprint density at radius 3 is 2.38 bits per heavy atom. The van der Waals surface area contributed by atoms with Gasteiger partial charge in [0.15, 0.2) is 5.78 Å². The Kier molecular flexibility index (Phi) is 7.51. The zero-order valence-corrected chi connectivity index (χ0v) is 21.5. The lowest BCUT2D eigenvalue weighted by Crippen LogP contribution is -2.39. The Hall–Kier alpha value is -2.14. The summed E-state index contributed by atoms with van der Waals surface area (Å²) in [6, 6.07) is 12.8. The van der Waals surface area contributed by atoms with E-state index in [1.165, 1.54) is 0 Å². The highest BCUT2D eigenvalue weighted by Crippen LogP contribution is 2.47. The molecule has 0 amide bonds. The molecule has 4 rings (SSSR count). The molecular formula is C27H26Cl3NO3. The van der Waals surface area contributed by atoms with Crippen LogP contribution in [0.5, 0.6) is 0 Å². The van der Waals surface area contributed by atoms with Crippen LogP contribution in [0.2, 0.25) is 15.1 Å².